The zero-order valence-corrected chi connectivity index (χ0v) is 10.5. The molecule has 3 nitrogen and oxygen atoms in total. The Morgan fingerprint density at radius 1 is 1.60 bits per heavy atom. The molecule has 4 heteroatoms. The van der Waals surface area contributed by atoms with E-state index >= 15 is 0 Å². The molecule has 1 amide bonds. The molecule has 0 aromatic heterocycles. The van der Waals surface area contributed by atoms with Gasteiger partial charge in [0, 0.05) is 6.54 Å². The van der Waals surface area contributed by atoms with Crippen LogP contribution in [0.2, 0.25) is 0 Å². The lowest BCUT2D eigenvalue weighted by atomic mass is 10.1. The van der Waals surface area contributed by atoms with Crippen molar-refractivity contribution in [2.75, 3.05) is 25.4 Å². The number of thioether (sulfide) groups is 1. The van der Waals surface area contributed by atoms with Crippen molar-refractivity contribution in [2.45, 2.75) is 20.3 Å². The van der Waals surface area contributed by atoms with Gasteiger partial charge in [-0.2, -0.15) is 0 Å². The normalized spacial score (nSPS) is 12.1. The van der Waals surface area contributed by atoms with Crippen LogP contribution in [0, 0.1) is 5.92 Å². The zero-order valence-electron chi connectivity index (χ0n) is 9.71. The molecule has 0 aliphatic heterocycles. The molecule has 0 aromatic carbocycles. The van der Waals surface area contributed by atoms with Crippen LogP contribution in [0.5, 0.6) is 0 Å². The molecular weight excluding hydrogens is 208 g/mol. The average Bonchev–Trinajstić information content (AvgIpc) is 2.24. The third-order valence-electron chi connectivity index (χ3n) is 2.04. The minimum absolute atomic E-state index is 0.0928. The Hall–Kier alpha value is -0.480. The summed E-state index contributed by atoms with van der Waals surface area (Å²) >= 11 is 1.43. The molecule has 15 heavy (non-hydrogen) atoms. The summed E-state index contributed by atoms with van der Waals surface area (Å²) < 4.78 is 0. The second kappa shape index (κ2) is 10.1. The van der Waals surface area contributed by atoms with Gasteiger partial charge in [0.25, 0.3) is 0 Å². The molecule has 0 rings (SSSR count). The highest BCUT2D eigenvalue weighted by molar-refractivity contribution is 8.02. The third kappa shape index (κ3) is 9.82. The fourth-order valence-electron chi connectivity index (χ4n) is 1.10. The van der Waals surface area contributed by atoms with Gasteiger partial charge in [0.05, 0.1) is 5.75 Å². The molecule has 88 valence electrons. The minimum Gasteiger partial charge on any atom is -0.355 e. The molecule has 0 aromatic rings. The molecule has 0 saturated carbocycles. The van der Waals surface area contributed by atoms with Crippen molar-refractivity contribution < 1.29 is 4.79 Å². The molecule has 0 aliphatic carbocycles. The SMILES string of the molecule is C=CSCC(=O)NCC(C)CCNCC. The van der Waals surface area contributed by atoms with Crippen LogP contribution in [-0.2, 0) is 4.79 Å². The monoisotopic (exact) mass is 230 g/mol. The summed E-state index contributed by atoms with van der Waals surface area (Å²) in [7, 11) is 0. The van der Waals surface area contributed by atoms with Crippen molar-refractivity contribution in [3.63, 3.8) is 0 Å². The van der Waals surface area contributed by atoms with Crippen molar-refractivity contribution >= 4 is 17.7 Å². The Balaban J connectivity index is 3.39. The number of rotatable bonds is 9. The van der Waals surface area contributed by atoms with Gasteiger partial charge in [-0.1, -0.05) is 20.4 Å². The number of hydrogen-bond donors (Lipinski definition) is 2. The first-order chi connectivity index (χ1) is 7.20. The molecule has 0 saturated heterocycles. The Labute approximate surface area is 97.1 Å². The van der Waals surface area contributed by atoms with E-state index in [-0.39, 0.29) is 5.91 Å². The number of carbonyl (C=O) groups is 1. The Kier molecular flexibility index (Phi) is 9.73. The van der Waals surface area contributed by atoms with Crippen LogP contribution < -0.4 is 10.6 Å². The van der Waals surface area contributed by atoms with Crippen molar-refractivity contribution in [3.8, 4) is 0 Å². The van der Waals surface area contributed by atoms with E-state index in [9.17, 15) is 4.79 Å². The Bertz CT molecular complexity index is 185. The highest BCUT2D eigenvalue weighted by atomic mass is 32.2. The van der Waals surface area contributed by atoms with Gasteiger partial charge in [0.1, 0.15) is 0 Å². The summed E-state index contributed by atoms with van der Waals surface area (Å²) in [6.07, 6.45) is 1.10. The topological polar surface area (TPSA) is 41.1 Å². The van der Waals surface area contributed by atoms with Crippen LogP contribution in [0.25, 0.3) is 0 Å². The summed E-state index contributed by atoms with van der Waals surface area (Å²) in [5, 5.41) is 7.87. The lowest BCUT2D eigenvalue weighted by Crippen LogP contribution is -2.30. The van der Waals surface area contributed by atoms with Crippen LogP contribution in [0.4, 0.5) is 0 Å². The molecule has 2 N–H and O–H groups in total. The van der Waals surface area contributed by atoms with Gasteiger partial charge < -0.3 is 10.6 Å². The van der Waals surface area contributed by atoms with Crippen molar-refractivity contribution in [1.29, 1.82) is 0 Å². The third-order valence-corrected chi connectivity index (χ3v) is 2.71. The maximum Gasteiger partial charge on any atom is 0.230 e. The van der Waals surface area contributed by atoms with Crippen LogP contribution in [0.15, 0.2) is 12.0 Å². The van der Waals surface area contributed by atoms with E-state index in [0.717, 1.165) is 26.1 Å². The lowest BCUT2D eigenvalue weighted by molar-refractivity contribution is -0.118. The van der Waals surface area contributed by atoms with E-state index in [0.29, 0.717) is 11.7 Å². The molecule has 1 atom stereocenters. The van der Waals surface area contributed by atoms with Gasteiger partial charge >= 0.3 is 0 Å². The fraction of sp³-hybridized carbons (Fsp3) is 0.727. The van der Waals surface area contributed by atoms with Gasteiger partial charge in [-0.15, -0.1) is 11.8 Å². The minimum atomic E-state index is 0.0928. The highest BCUT2D eigenvalue weighted by Crippen LogP contribution is 2.00. The summed E-state index contributed by atoms with van der Waals surface area (Å²) in [6, 6.07) is 0. The van der Waals surface area contributed by atoms with Crippen LogP contribution in [-0.4, -0.2) is 31.3 Å². The quantitative estimate of drug-likeness (QED) is 0.591. The molecule has 0 radical (unpaired) electrons. The fourth-order valence-corrected chi connectivity index (χ4v) is 1.47. The molecular formula is C11H22N2OS. The predicted octanol–water partition coefficient (Wildman–Crippen LogP) is 1.61. The van der Waals surface area contributed by atoms with Crippen LogP contribution >= 0.6 is 11.8 Å². The van der Waals surface area contributed by atoms with Gasteiger partial charge in [-0.25, -0.2) is 0 Å². The summed E-state index contributed by atoms with van der Waals surface area (Å²) in [5.41, 5.74) is 0. The van der Waals surface area contributed by atoms with E-state index in [2.05, 4.69) is 31.1 Å². The van der Waals surface area contributed by atoms with Crippen molar-refractivity contribution in [3.05, 3.63) is 12.0 Å². The second-order valence-corrected chi connectivity index (χ2v) is 4.48. The average molecular weight is 230 g/mol. The lowest BCUT2D eigenvalue weighted by Gasteiger charge is -2.12. The van der Waals surface area contributed by atoms with E-state index in [1.807, 2.05) is 0 Å². The van der Waals surface area contributed by atoms with E-state index in [1.54, 1.807) is 5.41 Å². The molecule has 0 aliphatic rings. The smallest absolute Gasteiger partial charge is 0.230 e. The largest absolute Gasteiger partial charge is 0.355 e. The summed E-state index contributed by atoms with van der Waals surface area (Å²) in [6.45, 7) is 10.6. The summed E-state index contributed by atoms with van der Waals surface area (Å²) in [4.78, 5) is 11.2. The molecule has 0 bridgehead atoms. The van der Waals surface area contributed by atoms with Gasteiger partial charge in [-0.3, -0.25) is 4.79 Å². The van der Waals surface area contributed by atoms with Gasteiger partial charge in [-0.05, 0) is 30.8 Å². The highest BCUT2D eigenvalue weighted by Gasteiger charge is 2.04. The van der Waals surface area contributed by atoms with Crippen molar-refractivity contribution in [1.82, 2.24) is 10.6 Å². The Morgan fingerprint density at radius 3 is 2.93 bits per heavy atom. The predicted molar refractivity (Wildman–Crippen MR) is 68.0 cm³/mol. The molecule has 1 unspecified atom stereocenters. The van der Waals surface area contributed by atoms with Crippen LogP contribution in [0.1, 0.15) is 20.3 Å². The molecule has 0 heterocycles. The number of hydrogen-bond acceptors (Lipinski definition) is 3. The van der Waals surface area contributed by atoms with E-state index in [1.165, 1.54) is 11.8 Å². The molecule has 0 fully saturated rings. The Morgan fingerprint density at radius 2 is 2.33 bits per heavy atom. The number of amides is 1. The van der Waals surface area contributed by atoms with Crippen LogP contribution in [0.3, 0.4) is 0 Å². The maximum atomic E-state index is 11.2. The van der Waals surface area contributed by atoms with Gasteiger partial charge in [0.2, 0.25) is 5.91 Å². The maximum absolute atomic E-state index is 11.2. The summed E-state index contributed by atoms with van der Waals surface area (Å²) in [5.74, 6) is 1.10. The standard InChI is InChI=1S/C11H22N2OS/c1-4-12-7-6-10(3)8-13-11(14)9-15-5-2/h5,10,12H,2,4,6-9H2,1,3H3,(H,13,14). The zero-order chi connectivity index (χ0) is 11.5. The first-order valence-corrected chi connectivity index (χ1v) is 6.45. The van der Waals surface area contributed by atoms with E-state index < -0.39 is 0 Å². The molecule has 0 spiro atoms. The number of carbonyl (C=O) groups excluding carboxylic acids is 1. The van der Waals surface area contributed by atoms with Crippen molar-refractivity contribution in [2.24, 2.45) is 5.92 Å². The first-order valence-electron chi connectivity index (χ1n) is 5.40. The van der Waals surface area contributed by atoms with Gasteiger partial charge in [0.15, 0.2) is 0 Å². The first kappa shape index (κ1) is 14.5. The van der Waals surface area contributed by atoms with E-state index in [4.69, 9.17) is 0 Å². The second-order valence-electron chi connectivity index (χ2n) is 3.53. The number of nitrogens with one attached hydrogen (secondary N) is 2.